The maximum Gasteiger partial charge on any atom is 0.132 e. The van der Waals surface area contributed by atoms with Gasteiger partial charge in [0.2, 0.25) is 0 Å². The van der Waals surface area contributed by atoms with E-state index in [4.69, 9.17) is 5.73 Å². The molecule has 0 spiro atoms. The summed E-state index contributed by atoms with van der Waals surface area (Å²) in [4.78, 5) is 10.7. The van der Waals surface area contributed by atoms with Gasteiger partial charge in [0.1, 0.15) is 5.78 Å². The van der Waals surface area contributed by atoms with Crippen LogP contribution in [0.1, 0.15) is 40.0 Å². The van der Waals surface area contributed by atoms with Gasteiger partial charge in [0, 0.05) is 12.0 Å². The number of nitrogens with two attached hydrogens (primary N) is 1. The van der Waals surface area contributed by atoms with Gasteiger partial charge in [-0.2, -0.15) is 0 Å². The fourth-order valence-electron chi connectivity index (χ4n) is 1.39. The van der Waals surface area contributed by atoms with Crippen molar-refractivity contribution in [2.24, 2.45) is 11.7 Å². The van der Waals surface area contributed by atoms with Gasteiger partial charge in [-0.3, -0.25) is 4.79 Å². The van der Waals surface area contributed by atoms with Crippen molar-refractivity contribution in [1.82, 2.24) is 0 Å². The zero-order chi connectivity index (χ0) is 8.85. The van der Waals surface area contributed by atoms with E-state index in [1.54, 1.807) is 6.92 Å². The first-order valence-corrected chi connectivity index (χ1v) is 4.46. The average Bonchev–Trinajstić information content (AvgIpc) is 2.40. The third-order valence-electron chi connectivity index (χ3n) is 2.05. The number of ketones is 1. The van der Waals surface area contributed by atoms with Crippen molar-refractivity contribution in [3.05, 3.63) is 0 Å². The summed E-state index contributed by atoms with van der Waals surface area (Å²) in [5.74, 6) is 0.586. The molecular weight excluding hydrogens is 138 g/mol. The molecule has 2 atom stereocenters. The fraction of sp³-hybridized carbons (Fsp3) is 0.889. The summed E-state index contributed by atoms with van der Waals surface area (Å²) in [6.45, 7) is 5.66. The zero-order valence-corrected chi connectivity index (χ0v) is 7.76. The standard InChI is InChI=1S/C7H13NO.C2H6/c1-5(9)6-2-3-7(8)4-6;1-2/h6-7H,2-4,8H2,1H3;1-2H3/t6-,7+;/m1./s1. The van der Waals surface area contributed by atoms with Crippen LogP contribution in [0.3, 0.4) is 0 Å². The van der Waals surface area contributed by atoms with Crippen LogP contribution in [-0.2, 0) is 4.79 Å². The third-order valence-corrected chi connectivity index (χ3v) is 2.05. The largest absolute Gasteiger partial charge is 0.328 e. The lowest BCUT2D eigenvalue weighted by Crippen LogP contribution is -2.16. The Kier molecular flexibility index (Phi) is 5.12. The Balaban J connectivity index is 0.000000461. The van der Waals surface area contributed by atoms with E-state index in [1.165, 1.54) is 0 Å². The van der Waals surface area contributed by atoms with Crippen molar-refractivity contribution < 1.29 is 4.79 Å². The van der Waals surface area contributed by atoms with Gasteiger partial charge in [0.05, 0.1) is 0 Å². The van der Waals surface area contributed by atoms with Gasteiger partial charge in [-0.05, 0) is 26.2 Å². The van der Waals surface area contributed by atoms with Gasteiger partial charge in [-0.1, -0.05) is 13.8 Å². The molecule has 0 saturated heterocycles. The number of Topliss-reactive ketones (excluding diaryl/α,β-unsaturated/α-hetero) is 1. The molecule has 1 saturated carbocycles. The lowest BCUT2D eigenvalue weighted by Gasteiger charge is -2.01. The zero-order valence-electron chi connectivity index (χ0n) is 7.76. The molecule has 0 unspecified atom stereocenters. The van der Waals surface area contributed by atoms with Gasteiger partial charge >= 0.3 is 0 Å². The molecule has 2 N–H and O–H groups in total. The second-order valence-electron chi connectivity index (χ2n) is 2.88. The normalized spacial score (nSPS) is 29.1. The highest BCUT2D eigenvalue weighted by molar-refractivity contribution is 5.78. The van der Waals surface area contributed by atoms with Crippen LogP contribution >= 0.6 is 0 Å². The van der Waals surface area contributed by atoms with Crippen LogP contribution in [0.15, 0.2) is 0 Å². The van der Waals surface area contributed by atoms with E-state index in [1.807, 2.05) is 13.8 Å². The number of hydrogen-bond donors (Lipinski definition) is 1. The Hall–Kier alpha value is -0.370. The molecule has 2 heteroatoms. The van der Waals surface area contributed by atoms with Crippen LogP contribution in [-0.4, -0.2) is 11.8 Å². The first kappa shape index (κ1) is 10.6. The van der Waals surface area contributed by atoms with Gasteiger partial charge < -0.3 is 5.73 Å². The highest BCUT2D eigenvalue weighted by Gasteiger charge is 2.24. The highest BCUT2D eigenvalue weighted by atomic mass is 16.1. The van der Waals surface area contributed by atoms with E-state index in [9.17, 15) is 4.79 Å². The lowest BCUT2D eigenvalue weighted by atomic mass is 10.0. The van der Waals surface area contributed by atoms with Crippen molar-refractivity contribution in [3.63, 3.8) is 0 Å². The fourth-order valence-corrected chi connectivity index (χ4v) is 1.39. The van der Waals surface area contributed by atoms with E-state index >= 15 is 0 Å². The van der Waals surface area contributed by atoms with Crippen molar-refractivity contribution in [2.75, 3.05) is 0 Å². The summed E-state index contributed by atoms with van der Waals surface area (Å²) in [6.07, 6.45) is 2.95. The smallest absolute Gasteiger partial charge is 0.132 e. The van der Waals surface area contributed by atoms with E-state index in [2.05, 4.69) is 0 Å². The van der Waals surface area contributed by atoms with E-state index in [0.717, 1.165) is 19.3 Å². The maximum atomic E-state index is 10.7. The highest BCUT2D eigenvalue weighted by Crippen LogP contribution is 2.24. The minimum Gasteiger partial charge on any atom is -0.328 e. The summed E-state index contributed by atoms with van der Waals surface area (Å²) >= 11 is 0. The molecule has 2 nitrogen and oxygen atoms in total. The summed E-state index contributed by atoms with van der Waals surface area (Å²) in [5.41, 5.74) is 5.61. The molecule has 0 aromatic heterocycles. The number of carbonyl (C=O) groups is 1. The molecule has 1 aliphatic carbocycles. The summed E-state index contributed by atoms with van der Waals surface area (Å²) in [6, 6.07) is 0.291. The van der Waals surface area contributed by atoms with Crippen LogP contribution in [0.2, 0.25) is 0 Å². The Morgan fingerprint density at radius 1 is 1.36 bits per heavy atom. The predicted octanol–water partition coefficient (Wildman–Crippen LogP) is 1.73. The Labute approximate surface area is 69.2 Å². The van der Waals surface area contributed by atoms with Crippen molar-refractivity contribution >= 4 is 5.78 Å². The molecule has 0 aromatic carbocycles. The number of rotatable bonds is 1. The lowest BCUT2D eigenvalue weighted by molar-refractivity contribution is -0.120. The average molecular weight is 157 g/mol. The molecule has 1 rings (SSSR count). The SMILES string of the molecule is CC.CC(=O)[C@@H]1CC[C@H](N)C1. The monoisotopic (exact) mass is 157 g/mol. The number of carbonyl (C=O) groups excluding carboxylic acids is 1. The molecule has 0 bridgehead atoms. The molecule has 0 radical (unpaired) electrons. The van der Waals surface area contributed by atoms with Crippen LogP contribution in [0.4, 0.5) is 0 Å². The molecule has 1 aliphatic rings. The van der Waals surface area contributed by atoms with Crippen molar-refractivity contribution in [2.45, 2.75) is 46.1 Å². The predicted molar refractivity (Wildman–Crippen MR) is 47.3 cm³/mol. The first-order chi connectivity index (χ1) is 5.20. The molecule has 11 heavy (non-hydrogen) atoms. The van der Waals surface area contributed by atoms with E-state index in [-0.39, 0.29) is 5.92 Å². The molecular formula is C9H19NO. The van der Waals surface area contributed by atoms with E-state index < -0.39 is 0 Å². The maximum absolute atomic E-state index is 10.7. The Bertz CT molecular complexity index is 123. The molecule has 0 aromatic rings. The van der Waals surface area contributed by atoms with E-state index in [0.29, 0.717) is 11.8 Å². The minimum absolute atomic E-state index is 0.278. The van der Waals surface area contributed by atoms with Gasteiger partial charge in [-0.25, -0.2) is 0 Å². The van der Waals surface area contributed by atoms with Crippen LogP contribution in [0, 0.1) is 5.92 Å². The molecule has 1 fully saturated rings. The second-order valence-corrected chi connectivity index (χ2v) is 2.88. The van der Waals surface area contributed by atoms with Crippen LogP contribution in [0.25, 0.3) is 0 Å². The summed E-state index contributed by atoms with van der Waals surface area (Å²) in [7, 11) is 0. The topological polar surface area (TPSA) is 43.1 Å². The Morgan fingerprint density at radius 3 is 2.09 bits per heavy atom. The molecule has 0 aliphatic heterocycles. The van der Waals surface area contributed by atoms with Gasteiger partial charge in [0.15, 0.2) is 0 Å². The van der Waals surface area contributed by atoms with Crippen LogP contribution < -0.4 is 5.73 Å². The van der Waals surface area contributed by atoms with Crippen molar-refractivity contribution in [1.29, 1.82) is 0 Å². The molecule has 0 amide bonds. The van der Waals surface area contributed by atoms with Gasteiger partial charge in [0.25, 0.3) is 0 Å². The van der Waals surface area contributed by atoms with Crippen molar-refractivity contribution in [3.8, 4) is 0 Å². The number of hydrogen-bond acceptors (Lipinski definition) is 2. The Morgan fingerprint density at radius 2 is 1.91 bits per heavy atom. The molecule has 66 valence electrons. The van der Waals surface area contributed by atoms with Gasteiger partial charge in [-0.15, -0.1) is 0 Å². The van der Waals surface area contributed by atoms with Crippen LogP contribution in [0.5, 0.6) is 0 Å². The third kappa shape index (κ3) is 3.51. The quantitative estimate of drug-likeness (QED) is 0.630. The summed E-state index contributed by atoms with van der Waals surface area (Å²) < 4.78 is 0. The minimum atomic E-state index is 0.278. The molecule has 0 heterocycles. The summed E-state index contributed by atoms with van der Waals surface area (Å²) in [5, 5.41) is 0. The second kappa shape index (κ2) is 5.30. The first-order valence-electron chi connectivity index (χ1n) is 4.46.